The van der Waals surface area contributed by atoms with E-state index >= 15 is 0 Å². The number of fused-ring (bicyclic) bond motifs is 1. The molecule has 162 valence electrons. The Morgan fingerprint density at radius 1 is 1.06 bits per heavy atom. The Morgan fingerprint density at radius 3 is 2.35 bits per heavy atom. The molecule has 0 bridgehead atoms. The highest BCUT2D eigenvalue weighted by atomic mass is 16.2. The second-order valence-corrected chi connectivity index (χ2v) is 8.24. The lowest BCUT2D eigenvalue weighted by Crippen LogP contribution is -2.40. The summed E-state index contributed by atoms with van der Waals surface area (Å²) in [5.41, 5.74) is -0.102. The Kier molecular flexibility index (Phi) is 6.05. The number of hydrogen-bond acceptors (Lipinski definition) is 5. The Balaban J connectivity index is 1.83. The highest BCUT2D eigenvalue weighted by Gasteiger charge is 2.16. The van der Waals surface area contributed by atoms with E-state index in [0.29, 0.717) is 24.2 Å². The summed E-state index contributed by atoms with van der Waals surface area (Å²) in [5, 5.41) is 5.75. The van der Waals surface area contributed by atoms with E-state index in [1.54, 1.807) is 24.3 Å². The summed E-state index contributed by atoms with van der Waals surface area (Å²) >= 11 is 0. The van der Waals surface area contributed by atoms with Crippen LogP contribution in [0.4, 0.5) is 5.69 Å². The van der Waals surface area contributed by atoms with E-state index in [0.717, 1.165) is 0 Å². The molecule has 2 heterocycles. The summed E-state index contributed by atoms with van der Waals surface area (Å²) in [7, 11) is 0. The molecule has 2 aromatic heterocycles. The van der Waals surface area contributed by atoms with Crippen molar-refractivity contribution < 1.29 is 9.59 Å². The number of anilines is 1. The average molecular weight is 423 g/mol. The Hall–Kier alpha value is -3.75. The maximum Gasteiger partial charge on any atom is 0.329 e. The average Bonchev–Trinajstić information content (AvgIpc) is 2.70. The summed E-state index contributed by atoms with van der Waals surface area (Å²) in [6, 6.07) is 7.88. The molecule has 3 aromatic rings. The van der Waals surface area contributed by atoms with Crippen LogP contribution in [0.1, 0.15) is 54.8 Å². The van der Waals surface area contributed by atoms with Gasteiger partial charge >= 0.3 is 5.69 Å². The Bertz CT molecular complexity index is 1250. The zero-order chi connectivity index (χ0) is 22.8. The zero-order valence-electron chi connectivity index (χ0n) is 17.9. The second-order valence-electron chi connectivity index (χ2n) is 8.24. The summed E-state index contributed by atoms with van der Waals surface area (Å²) < 4.78 is 1.37. The first kappa shape index (κ1) is 21.9. The second kappa shape index (κ2) is 8.55. The van der Waals surface area contributed by atoms with Crippen molar-refractivity contribution >= 4 is 28.5 Å². The third-order valence-electron chi connectivity index (χ3n) is 4.44. The normalized spacial score (nSPS) is 11.4. The molecule has 0 aliphatic heterocycles. The third-order valence-corrected chi connectivity index (χ3v) is 4.44. The zero-order valence-corrected chi connectivity index (χ0v) is 17.9. The van der Waals surface area contributed by atoms with Crippen molar-refractivity contribution in [1.82, 2.24) is 19.9 Å². The van der Waals surface area contributed by atoms with E-state index in [1.807, 2.05) is 27.7 Å². The van der Waals surface area contributed by atoms with Gasteiger partial charge in [0.1, 0.15) is 5.65 Å². The molecular formula is C22H25N5O4. The van der Waals surface area contributed by atoms with Gasteiger partial charge in [0.15, 0.2) is 0 Å². The van der Waals surface area contributed by atoms with Gasteiger partial charge in [-0.2, -0.15) is 0 Å². The molecule has 0 spiro atoms. The number of aromatic amines is 1. The number of pyridine rings is 1. The molecule has 0 aliphatic carbocycles. The molecule has 9 nitrogen and oxygen atoms in total. The van der Waals surface area contributed by atoms with Gasteiger partial charge in [0.2, 0.25) is 0 Å². The number of rotatable bonds is 5. The predicted octanol–water partition coefficient (Wildman–Crippen LogP) is 2.28. The lowest BCUT2D eigenvalue weighted by molar-refractivity contribution is 0.0919. The number of nitrogens with zero attached hydrogens (tertiary/aromatic N) is 2. The molecule has 0 fully saturated rings. The van der Waals surface area contributed by atoms with Crippen LogP contribution >= 0.6 is 0 Å². The lowest BCUT2D eigenvalue weighted by atomic mass is 10.1. The summed E-state index contributed by atoms with van der Waals surface area (Å²) in [5.74, 6) is -0.671. The minimum atomic E-state index is -0.594. The van der Waals surface area contributed by atoms with Crippen LogP contribution in [0.15, 0.2) is 46.1 Å². The SMILES string of the molecule is CCCn1c(=O)[nH]c(=O)c2cc(C(=O)Nc3ccc(C(=O)NC(C)(C)C)cc3)cnc21. The van der Waals surface area contributed by atoms with Gasteiger partial charge in [0.05, 0.1) is 10.9 Å². The van der Waals surface area contributed by atoms with Crippen molar-refractivity contribution in [2.75, 3.05) is 5.32 Å². The summed E-state index contributed by atoms with van der Waals surface area (Å²) in [6.07, 6.45) is 2.02. The van der Waals surface area contributed by atoms with Crippen LogP contribution in [0.5, 0.6) is 0 Å². The molecule has 0 unspecified atom stereocenters. The first-order valence-electron chi connectivity index (χ1n) is 9.96. The van der Waals surface area contributed by atoms with Gasteiger partial charge in [-0.05, 0) is 57.5 Å². The largest absolute Gasteiger partial charge is 0.347 e. The number of carbonyl (C=O) groups is 2. The van der Waals surface area contributed by atoms with Crippen LogP contribution in [0.2, 0.25) is 0 Å². The number of benzene rings is 1. The number of H-pyrrole nitrogens is 1. The topological polar surface area (TPSA) is 126 Å². The molecule has 9 heteroatoms. The van der Waals surface area contributed by atoms with Crippen molar-refractivity contribution in [1.29, 1.82) is 0 Å². The third kappa shape index (κ3) is 5.06. The van der Waals surface area contributed by atoms with E-state index in [4.69, 9.17) is 0 Å². The molecule has 2 amide bonds. The fraction of sp³-hybridized carbons (Fsp3) is 0.318. The molecule has 0 radical (unpaired) electrons. The fourth-order valence-electron chi connectivity index (χ4n) is 3.04. The molecule has 0 saturated carbocycles. The van der Waals surface area contributed by atoms with Gasteiger partial charge in [-0.15, -0.1) is 0 Å². The predicted molar refractivity (Wildman–Crippen MR) is 119 cm³/mol. The number of aromatic nitrogens is 3. The van der Waals surface area contributed by atoms with Crippen molar-refractivity contribution in [3.8, 4) is 0 Å². The monoisotopic (exact) mass is 423 g/mol. The van der Waals surface area contributed by atoms with Crippen LogP contribution in [0, 0.1) is 0 Å². The van der Waals surface area contributed by atoms with E-state index in [9.17, 15) is 19.2 Å². The van der Waals surface area contributed by atoms with Gasteiger partial charge in [-0.1, -0.05) is 6.92 Å². The summed E-state index contributed by atoms with van der Waals surface area (Å²) in [6.45, 7) is 7.99. The quantitative estimate of drug-likeness (QED) is 0.580. The number of hydrogen-bond donors (Lipinski definition) is 3. The lowest BCUT2D eigenvalue weighted by Gasteiger charge is -2.20. The van der Waals surface area contributed by atoms with Gasteiger partial charge in [-0.3, -0.25) is 23.9 Å². The standard InChI is InChI=1S/C22H25N5O4/c1-5-10-27-17-16(20(30)25-21(27)31)11-14(12-23-17)18(28)24-15-8-6-13(7-9-15)19(29)26-22(2,3)4/h6-9,11-12H,5,10H2,1-4H3,(H,24,28)(H,26,29)(H,25,30,31). The molecule has 0 aliphatic rings. The smallest absolute Gasteiger partial charge is 0.329 e. The molecule has 31 heavy (non-hydrogen) atoms. The maximum atomic E-state index is 12.6. The van der Waals surface area contributed by atoms with Gasteiger partial charge in [-0.25, -0.2) is 9.78 Å². The van der Waals surface area contributed by atoms with Crippen LogP contribution in [0.3, 0.4) is 0 Å². The highest BCUT2D eigenvalue weighted by Crippen LogP contribution is 2.14. The summed E-state index contributed by atoms with van der Waals surface area (Å²) in [4.78, 5) is 55.5. The highest BCUT2D eigenvalue weighted by molar-refractivity contribution is 6.05. The first-order valence-corrected chi connectivity index (χ1v) is 9.96. The van der Waals surface area contributed by atoms with Crippen LogP contribution in [0.25, 0.3) is 11.0 Å². The van der Waals surface area contributed by atoms with Crippen LogP contribution in [-0.4, -0.2) is 31.9 Å². The first-order chi connectivity index (χ1) is 14.6. The van der Waals surface area contributed by atoms with Gasteiger partial charge in [0.25, 0.3) is 17.4 Å². The van der Waals surface area contributed by atoms with Gasteiger partial charge in [0, 0.05) is 29.5 Å². The van der Waals surface area contributed by atoms with Crippen molar-refractivity contribution in [2.24, 2.45) is 0 Å². The minimum absolute atomic E-state index is 0.162. The van der Waals surface area contributed by atoms with E-state index in [2.05, 4.69) is 20.6 Å². The van der Waals surface area contributed by atoms with Gasteiger partial charge < -0.3 is 10.6 Å². The fourth-order valence-corrected chi connectivity index (χ4v) is 3.04. The van der Waals surface area contributed by atoms with Crippen LogP contribution < -0.4 is 21.9 Å². The van der Waals surface area contributed by atoms with Crippen molar-refractivity contribution in [2.45, 2.75) is 46.2 Å². The maximum absolute atomic E-state index is 12.6. The molecule has 0 saturated heterocycles. The minimum Gasteiger partial charge on any atom is -0.347 e. The Morgan fingerprint density at radius 2 is 1.74 bits per heavy atom. The van der Waals surface area contributed by atoms with Crippen molar-refractivity contribution in [3.63, 3.8) is 0 Å². The molecule has 3 N–H and O–H groups in total. The molecular weight excluding hydrogens is 398 g/mol. The molecule has 3 rings (SSSR count). The molecule has 0 atom stereocenters. The Labute approximate surface area is 178 Å². The number of amides is 2. The number of nitrogens with one attached hydrogen (secondary N) is 3. The van der Waals surface area contributed by atoms with E-state index in [-0.39, 0.29) is 28.0 Å². The number of aryl methyl sites for hydroxylation is 1. The van der Waals surface area contributed by atoms with E-state index < -0.39 is 17.2 Å². The van der Waals surface area contributed by atoms with Crippen molar-refractivity contribution in [3.05, 3.63) is 68.5 Å². The van der Waals surface area contributed by atoms with Crippen LogP contribution in [-0.2, 0) is 6.54 Å². The molecule has 1 aromatic carbocycles. The number of carbonyl (C=O) groups excluding carboxylic acids is 2. The van der Waals surface area contributed by atoms with E-state index in [1.165, 1.54) is 16.8 Å².